The van der Waals surface area contributed by atoms with Crippen LogP contribution in [0.15, 0.2) is 53.1 Å². The molecule has 0 atom stereocenters. The number of fused-ring (bicyclic) bond motifs is 1. The van der Waals surface area contributed by atoms with Crippen LogP contribution in [0.4, 0.5) is 30.4 Å². The maximum atomic E-state index is 13.4. The van der Waals surface area contributed by atoms with Crippen LogP contribution < -0.4 is 11.1 Å². The van der Waals surface area contributed by atoms with E-state index in [0.29, 0.717) is 16.8 Å². The van der Waals surface area contributed by atoms with Crippen molar-refractivity contribution in [1.29, 1.82) is 0 Å². The van der Waals surface area contributed by atoms with E-state index in [1.807, 2.05) is 0 Å². The van der Waals surface area contributed by atoms with Crippen LogP contribution in [-0.2, 0) is 0 Å². The van der Waals surface area contributed by atoms with E-state index in [1.54, 1.807) is 18.2 Å². The van der Waals surface area contributed by atoms with Crippen LogP contribution in [0.3, 0.4) is 0 Å². The van der Waals surface area contributed by atoms with Gasteiger partial charge < -0.3 is 15.5 Å². The molecular formula is C18H11F3N4O. The predicted molar refractivity (Wildman–Crippen MR) is 91.3 cm³/mol. The first kappa shape index (κ1) is 15.9. The lowest BCUT2D eigenvalue weighted by atomic mass is 10.1. The molecule has 5 nitrogen and oxygen atoms in total. The van der Waals surface area contributed by atoms with E-state index in [0.717, 1.165) is 12.1 Å². The number of nitrogen functional groups attached to an aromatic ring is 1. The fraction of sp³-hybridized carbons (Fsp3) is 0. The number of furan rings is 1. The third kappa shape index (κ3) is 2.81. The van der Waals surface area contributed by atoms with Crippen molar-refractivity contribution in [3.63, 3.8) is 0 Å². The number of nitrogens with two attached hydrogens (primary N) is 1. The Kier molecular flexibility index (Phi) is 3.72. The molecule has 0 saturated carbocycles. The van der Waals surface area contributed by atoms with Gasteiger partial charge in [0.15, 0.2) is 5.58 Å². The molecule has 0 amide bonds. The summed E-state index contributed by atoms with van der Waals surface area (Å²) in [5, 5.41) is 3.53. The largest absolute Gasteiger partial charge is 0.436 e. The van der Waals surface area contributed by atoms with Crippen molar-refractivity contribution in [3.8, 4) is 11.3 Å². The minimum atomic E-state index is -0.976. The van der Waals surface area contributed by atoms with E-state index in [4.69, 9.17) is 10.2 Å². The molecule has 130 valence electrons. The van der Waals surface area contributed by atoms with Crippen molar-refractivity contribution in [2.24, 2.45) is 0 Å². The smallest absolute Gasteiger partial charge is 0.216 e. The van der Waals surface area contributed by atoms with Crippen LogP contribution in [0.2, 0.25) is 0 Å². The number of hydrogen-bond acceptors (Lipinski definition) is 5. The summed E-state index contributed by atoms with van der Waals surface area (Å²) in [6.45, 7) is 0. The summed E-state index contributed by atoms with van der Waals surface area (Å²) < 4.78 is 45.8. The molecule has 0 fully saturated rings. The van der Waals surface area contributed by atoms with E-state index in [9.17, 15) is 13.2 Å². The first-order chi connectivity index (χ1) is 12.5. The van der Waals surface area contributed by atoms with E-state index in [-0.39, 0.29) is 22.7 Å². The number of nitrogens with zero attached hydrogens (tertiary/aromatic N) is 2. The number of benzene rings is 1. The van der Waals surface area contributed by atoms with Gasteiger partial charge in [0.1, 0.15) is 17.2 Å². The number of aromatic nitrogens is 2. The van der Waals surface area contributed by atoms with Crippen molar-refractivity contribution in [2.45, 2.75) is 0 Å². The molecule has 26 heavy (non-hydrogen) atoms. The molecule has 0 aliphatic carbocycles. The highest BCUT2D eigenvalue weighted by atomic mass is 19.1. The molecule has 8 heteroatoms. The second-order valence-corrected chi connectivity index (χ2v) is 5.51. The van der Waals surface area contributed by atoms with Crippen LogP contribution in [-0.4, -0.2) is 9.97 Å². The molecule has 0 saturated heterocycles. The Morgan fingerprint density at radius 3 is 2.50 bits per heavy atom. The fourth-order valence-electron chi connectivity index (χ4n) is 2.69. The lowest BCUT2D eigenvalue weighted by Crippen LogP contribution is -1.94. The molecular weight excluding hydrogens is 345 g/mol. The van der Waals surface area contributed by atoms with Gasteiger partial charge >= 0.3 is 0 Å². The van der Waals surface area contributed by atoms with Crippen LogP contribution in [0, 0.1) is 17.7 Å². The summed E-state index contributed by atoms with van der Waals surface area (Å²) >= 11 is 0. The number of nitrogens with one attached hydrogen (secondary N) is 1. The SMILES string of the molecule is Nc1oc2c(-c3cc(F)nc(F)c3)nccc2c1Nc1cccc(F)c1. The van der Waals surface area contributed by atoms with Crippen LogP contribution in [0.25, 0.3) is 22.2 Å². The van der Waals surface area contributed by atoms with Gasteiger partial charge in [-0.3, -0.25) is 4.98 Å². The first-order valence-corrected chi connectivity index (χ1v) is 7.54. The number of rotatable bonds is 3. The minimum absolute atomic E-state index is 0.0357. The molecule has 1 aromatic carbocycles. The molecule has 3 aromatic heterocycles. The summed E-state index contributed by atoms with van der Waals surface area (Å²) in [5.41, 5.74) is 7.43. The molecule has 0 bridgehead atoms. The number of pyridine rings is 2. The average molecular weight is 356 g/mol. The third-order valence-corrected chi connectivity index (χ3v) is 3.76. The van der Waals surface area contributed by atoms with E-state index >= 15 is 0 Å². The molecule has 4 rings (SSSR count). The van der Waals surface area contributed by atoms with Crippen molar-refractivity contribution in [3.05, 3.63) is 66.4 Å². The fourth-order valence-corrected chi connectivity index (χ4v) is 2.69. The quantitative estimate of drug-likeness (QED) is 0.523. The van der Waals surface area contributed by atoms with E-state index in [2.05, 4.69) is 15.3 Å². The zero-order valence-corrected chi connectivity index (χ0v) is 13.1. The Bertz CT molecular complexity index is 1110. The number of anilines is 3. The standard InChI is InChI=1S/C18H11F3N4O/c19-10-2-1-3-11(8-10)24-16-12-4-5-23-15(17(12)26-18(16)22)9-6-13(20)25-14(21)7-9/h1-8,24H,22H2. The normalized spacial score (nSPS) is 11.0. The van der Waals surface area contributed by atoms with Gasteiger partial charge in [0.05, 0.1) is 5.39 Å². The second kappa shape index (κ2) is 6.07. The van der Waals surface area contributed by atoms with Gasteiger partial charge in [-0.1, -0.05) is 6.07 Å². The molecule has 3 heterocycles. The lowest BCUT2D eigenvalue weighted by molar-refractivity contribution is 0.513. The van der Waals surface area contributed by atoms with Gasteiger partial charge in [0.25, 0.3) is 0 Å². The highest BCUT2D eigenvalue weighted by Gasteiger charge is 2.18. The Morgan fingerprint density at radius 2 is 1.77 bits per heavy atom. The lowest BCUT2D eigenvalue weighted by Gasteiger charge is -2.05. The monoisotopic (exact) mass is 356 g/mol. The Labute approximate surface area is 145 Å². The van der Waals surface area contributed by atoms with Gasteiger partial charge in [-0.25, -0.2) is 4.39 Å². The zero-order valence-electron chi connectivity index (χ0n) is 13.1. The Hall–Kier alpha value is -3.55. The molecule has 0 aliphatic rings. The zero-order chi connectivity index (χ0) is 18.3. The first-order valence-electron chi connectivity index (χ1n) is 7.54. The summed E-state index contributed by atoms with van der Waals surface area (Å²) in [7, 11) is 0. The molecule has 3 N–H and O–H groups in total. The van der Waals surface area contributed by atoms with E-state index < -0.39 is 17.7 Å². The highest BCUT2D eigenvalue weighted by Crippen LogP contribution is 2.39. The Balaban J connectivity index is 1.86. The van der Waals surface area contributed by atoms with Gasteiger partial charge in [-0.05, 0) is 24.3 Å². The molecule has 0 unspecified atom stereocenters. The number of halogens is 3. The maximum absolute atomic E-state index is 13.4. The van der Waals surface area contributed by atoms with Crippen LogP contribution >= 0.6 is 0 Å². The van der Waals surface area contributed by atoms with Gasteiger partial charge in [-0.2, -0.15) is 13.8 Å². The summed E-state index contributed by atoms with van der Waals surface area (Å²) in [6.07, 6.45) is 1.46. The van der Waals surface area contributed by atoms with Crippen LogP contribution in [0.5, 0.6) is 0 Å². The topological polar surface area (TPSA) is 77.0 Å². The molecule has 0 radical (unpaired) electrons. The second-order valence-electron chi connectivity index (χ2n) is 5.51. The van der Waals surface area contributed by atoms with E-state index in [1.165, 1.54) is 18.3 Å². The maximum Gasteiger partial charge on any atom is 0.216 e. The van der Waals surface area contributed by atoms with Crippen molar-refractivity contribution in [1.82, 2.24) is 9.97 Å². The summed E-state index contributed by atoms with van der Waals surface area (Å²) in [5.74, 6) is -2.33. The predicted octanol–water partition coefficient (Wildman–Crippen LogP) is 4.63. The number of hydrogen-bond donors (Lipinski definition) is 2. The van der Waals surface area contributed by atoms with Crippen molar-refractivity contribution in [2.75, 3.05) is 11.1 Å². The van der Waals surface area contributed by atoms with Gasteiger partial charge in [0, 0.05) is 29.6 Å². The van der Waals surface area contributed by atoms with Crippen molar-refractivity contribution < 1.29 is 17.6 Å². The average Bonchev–Trinajstić information content (AvgIpc) is 2.90. The molecule has 0 spiro atoms. The molecule has 4 aromatic rings. The third-order valence-electron chi connectivity index (χ3n) is 3.76. The van der Waals surface area contributed by atoms with Gasteiger partial charge in [0.2, 0.25) is 17.8 Å². The summed E-state index contributed by atoms with van der Waals surface area (Å²) in [4.78, 5) is 7.20. The van der Waals surface area contributed by atoms with Crippen LogP contribution in [0.1, 0.15) is 0 Å². The van der Waals surface area contributed by atoms with Gasteiger partial charge in [-0.15, -0.1) is 0 Å². The van der Waals surface area contributed by atoms with Crippen molar-refractivity contribution >= 4 is 28.2 Å². The molecule has 0 aliphatic heterocycles. The highest BCUT2D eigenvalue weighted by molar-refractivity contribution is 6.03. The summed E-state index contributed by atoms with van der Waals surface area (Å²) in [6, 6.07) is 9.55. The Morgan fingerprint density at radius 1 is 1.00 bits per heavy atom. The minimum Gasteiger partial charge on any atom is -0.436 e.